The molecule has 3 heteroatoms. The summed E-state index contributed by atoms with van der Waals surface area (Å²) in [7, 11) is 0. The molecule has 0 heterocycles. The van der Waals surface area contributed by atoms with Gasteiger partial charge in [0.25, 0.3) is 5.91 Å². The van der Waals surface area contributed by atoms with Crippen molar-refractivity contribution in [2.24, 2.45) is 5.92 Å². The summed E-state index contributed by atoms with van der Waals surface area (Å²) in [6.07, 6.45) is 5.96. The number of nitrogens with one attached hydrogen (secondary N) is 1. The van der Waals surface area contributed by atoms with E-state index in [2.05, 4.69) is 12.2 Å². The van der Waals surface area contributed by atoms with E-state index in [0.717, 1.165) is 29.9 Å². The van der Waals surface area contributed by atoms with E-state index in [-0.39, 0.29) is 5.91 Å². The summed E-state index contributed by atoms with van der Waals surface area (Å²) in [4.78, 5) is 12.2. The summed E-state index contributed by atoms with van der Waals surface area (Å²) >= 11 is 5.80. The third kappa shape index (κ3) is 3.97. The second-order valence-corrected chi connectivity index (χ2v) is 5.70. The highest BCUT2D eigenvalue weighted by molar-refractivity contribution is 6.17. The summed E-state index contributed by atoms with van der Waals surface area (Å²) in [5, 5.41) is 3.15. The first-order chi connectivity index (χ1) is 9.22. The molecule has 1 N–H and O–H groups in total. The van der Waals surface area contributed by atoms with Gasteiger partial charge in [-0.1, -0.05) is 25.5 Å². The molecule has 1 amide bonds. The smallest absolute Gasteiger partial charge is 0.251 e. The first-order valence-corrected chi connectivity index (χ1v) is 7.72. The van der Waals surface area contributed by atoms with Crippen LogP contribution in [0.25, 0.3) is 0 Å². The summed E-state index contributed by atoms with van der Waals surface area (Å²) in [6, 6.07) is 7.90. The third-order valence-electron chi connectivity index (χ3n) is 4.10. The molecule has 0 aromatic heterocycles. The number of carbonyl (C=O) groups excluding carboxylic acids is 1. The van der Waals surface area contributed by atoms with Crippen LogP contribution in [0.15, 0.2) is 24.3 Å². The number of amides is 1. The van der Waals surface area contributed by atoms with Gasteiger partial charge in [0.1, 0.15) is 0 Å². The summed E-state index contributed by atoms with van der Waals surface area (Å²) in [5.74, 6) is 1.34. The van der Waals surface area contributed by atoms with Crippen LogP contribution in [-0.2, 0) is 5.88 Å². The lowest BCUT2D eigenvalue weighted by Gasteiger charge is -2.28. The Labute approximate surface area is 120 Å². The van der Waals surface area contributed by atoms with Crippen LogP contribution in [0.3, 0.4) is 0 Å². The number of hydrogen-bond acceptors (Lipinski definition) is 1. The van der Waals surface area contributed by atoms with Crippen LogP contribution in [0.2, 0.25) is 0 Å². The predicted molar refractivity (Wildman–Crippen MR) is 79.5 cm³/mol. The minimum atomic E-state index is 0.0342. The molecule has 1 aliphatic rings. The molecule has 0 spiro atoms. The van der Waals surface area contributed by atoms with Crippen LogP contribution < -0.4 is 5.32 Å². The van der Waals surface area contributed by atoms with Gasteiger partial charge >= 0.3 is 0 Å². The Balaban J connectivity index is 1.90. The van der Waals surface area contributed by atoms with Crippen LogP contribution in [-0.4, -0.2) is 11.9 Å². The number of hydrogen-bond donors (Lipinski definition) is 1. The molecule has 1 saturated carbocycles. The Morgan fingerprint density at radius 3 is 2.68 bits per heavy atom. The molecule has 2 nitrogen and oxygen atoms in total. The van der Waals surface area contributed by atoms with Gasteiger partial charge in [-0.15, -0.1) is 11.6 Å². The van der Waals surface area contributed by atoms with Crippen LogP contribution >= 0.6 is 11.6 Å². The molecule has 2 rings (SSSR count). The largest absolute Gasteiger partial charge is 0.349 e. The van der Waals surface area contributed by atoms with Crippen molar-refractivity contribution in [3.05, 3.63) is 35.4 Å². The Kier molecular flexibility index (Phi) is 5.26. The van der Waals surface area contributed by atoms with Crippen LogP contribution in [0, 0.1) is 5.92 Å². The third-order valence-corrected chi connectivity index (χ3v) is 4.41. The van der Waals surface area contributed by atoms with Crippen molar-refractivity contribution in [3.8, 4) is 0 Å². The van der Waals surface area contributed by atoms with Gasteiger partial charge in [-0.2, -0.15) is 0 Å². The van der Waals surface area contributed by atoms with Crippen LogP contribution in [0.5, 0.6) is 0 Å². The van der Waals surface area contributed by atoms with Crippen LogP contribution in [0.4, 0.5) is 0 Å². The number of carbonyl (C=O) groups is 1. The Morgan fingerprint density at radius 2 is 2.05 bits per heavy atom. The Bertz CT molecular complexity index is 425. The van der Waals surface area contributed by atoms with Crippen molar-refractivity contribution in [1.29, 1.82) is 0 Å². The van der Waals surface area contributed by atoms with E-state index in [1.165, 1.54) is 19.3 Å². The standard InChI is InChI=1S/C16H22ClNO/c1-2-12-6-8-15(9-7-12)18-16(19)14-5-3-4-13(10-14)11-17/h3-5,10,12,15H,2,6-9,11H2,1H3,(H,18,19). The van der Waals surface area contributed by atoms with Gasteiger partial charge in [0.2, 0.25) is 0 Å². The maximum absolute atomic E-state index is 12.2. The van der Waals surface area contributed by atoms with Gasteiger partial charge in [0.15, 0.2) is 0 Å². The van der Waals surface area contributed by atoms with Crippen molar-refractivity contribution in [2.75, 3.05) is 0 Å². The van der Waals surface area contributed by atoms with E-state index in [4.69, 9.17) is 11.6 Å². The highest BCUT2D eigenvalue weighted by Crippen LogP contribution is 2.26. The molecule has 0 radical (unpaired) electrons. The molecule has 0 bridgehead atoms. The average Bonchev–Trinajstić information content (AvgIpc) is 2.48. The van der Waals surface area contributed by atoms with E-state index in [1.54, 1.807) is 0 Å². The molecule has 0 aliphatic heterocycles. The molecule has 0 saturated heterocycles. The number of benzene rings is 1. The molecular formula is C16H22ClNO. The van der Waals surface area contributed by atoms with E-state index < -0.39 is 0 Å². The Morgan fingerprint density at radius 1 is 1.32 bits per heavy atom. The topological polar surface area (TPSA) is 29.1 Å². The molecule has 0 atom stereocenters. The van der Waals surface area contributed by atoms with Crippen molar-refractivity contribution in [3.63, 3.8) is 0 Å². The predicted octanol–water partition coefficient (Wildman–Crippen LogP) is 4.12. The van der Waals surface area contributed by atoms with E-state index in [1.807, 2.05) is 24.3 Å². The minimum Gasteiger partial charge on any atom is -0.349 e. The molecule has 1 fully saturated rings. The normalized spacial score (nSPS) is 23.1. The molecule has 0 unspecified atom stereocenters. The van der Waals surface area contributed by atoms with Gasteiger partial charge < -0.3 is 5.32 Å². The van der Waals surface area contributed by atoms with E-state index in [0.29, 0.717) is 11.9 Å². The van der Waals surface area contributed by atoms with E-state index in [9.17, 15) is 4.79 Å². The van der Waals surface area contributed by atoms with Gasteiger partial charge in [0, 0.05) is 17.5 Å². The summed E-state index contributed by atoms with van der Waals surface area (Å²) < 4.78 is 0. The fraction of sp³-hybridized carbons (Fsp3) is 0.562. The molecule has 19 heavy (non-hydrogen) atoms. The van der Waals surface area contributed by atoms with Gasteiger partial charge in [-0.25, -0.2) is 0 Å². The van der Waals surface area contributed by atoms with Crippen LogP contribution in [0.1, 0.15) is 54.9 Å². The van der Waals surface area contributed by atoms with Gasteiger partial charge in [0.05, 0.1) is 0 Å². The molecular weight excluding hydrogens is 258 g/mol. The number of alkyl halides is 1. The number of halogens is 1. The lowest BCUT2D eigenvalue weighted by Crippen LogP contribution is -2.37. The highest BCUT2D eigenvalue weighted by atomic mass is 35.5. The molecule has 104 valence electrons. The number of rotatable bonds is 4. The molecule has 1 aliphatic carbocycles. The maximum Gasteiger partial charge on any atom is 0.251 e. The SMILES string of the molecule is CCC1CCC(NC(=O)c2cccc(CCl)c2)CC1. The zero-order valence-corrected chi connectivity index (χ0v) is 12.2. The maximum atomic E-state index is 12.2. The minimum absolute atomic E-state index is 0.0342. The van der Waals surface area contributed by atoms with E-state index >= 15 is 0 Å². The quantitative estimate of drug-likeness (QED) is 0.825. The average molecular weight is 280 g/mol. The summed E-state index contributed by atoms with van der Waals surface area (Å²) in [5.41, 5.74) is 1.71. The second-order valence-electron chi connectivity index (χ2n) is 5.43. The zero-order valence-electron chi connectivity index (χ0n) is 11.5. The highest BCUT2D eigenvalue weighted by Gasteiger charge is 2.21. The van der Waals surface area contributed by atoms with Crippen molar-refractivity contribution in [2.45, 2.75) is 50.9 Å². The lowest BCUT2D eigenvalue weighted by atomic mass is 9.84. The fourth-order valence-corrected chi connectivity index (χ4v) is 2.95. The van der Waals surface area contributed by atoms with Gasteiger partial charge in [-0.05, 0) is 49.3 Å². The molecule has 1 aromatic rings. The zero-order chi connectivity index (χ0) is 13.7. The van der Waals surface area contributed by atoms with Crippen molar-refractivity contribution in [1.82, 2.24) is 5.32 Å². The Hall–Kier alpha value is -1.02. The van der Waals surface area contributed by atoms with Crippen molar-refractivity contribution >= 4 is 17.5 Å². The first-order valence-electron chi connectivity index (χ1n) is 7.18. The first kappa shape index (κ1) is 14.4. The van der Waals surface area contributed by atoms with Gasteiger partial charge in [-0.3, -0.25) is 4.79 Å². The fourth-order valence-electron chi connectivity index (χ4n) is 2.78. The monoisotopic (exact) mass is 279 g/mol. The summed E-state index contributed by atoms with van der Waals surface area (Å²) in [6.45, 7) is 2.25. The second kappa shape index (κ2) is 6.95. The van der Waals surface area contributed by atoms with Crippen molar-refractivity contribution < 1.29 is 4.79 Å². The molecule has 1 aromatic carbocycles. The lowest BCUT2D eigenvalue weighted by molar-refractivity contribution is 0.0921.